The molecule has 1 atom stereocenters. The van der Waals surface area contributed by atoms with Crippen molar-refractivity contribution in [1.29, 1.82) is 0 Å². The van der Waals surface area contributed by atoms with Crippen LogP contribution >= 0.6 is 0 Å². The molecule has 40 heavy (non-hydrogen) atoms. The number of hydrogen-bond acceptors (Lipinski definition) is 7. The smallest absolute Gasteiger partial charge is 0.312 e. The molecule has 0 fully saturated rings. The normalized spacial score (nSPS) is 15.4. The third kappa shape index (κ3) is 4.86. The van der Waals surface area contributed by atoms with Crippen LogP contribution in [-0.2, 0) is 17.6 Å². The fourth-order valence-electron chi connectivity index (χ4n) is 5.36. The average molecular weight is 537 g/mol. The van der Waals surface area contributed by atoms with Crippen molar-refractivity contribution in [2.24, 2.45) is 0 Å². The van der Waals surface area contributed by atoms with E-state index in [0.717, 1.165) is 30.8 Å². The molecule has 202 valence electrons. The van der Waals surface area contributed by atoms with Gasteiger partial charge in [0, 0.05) is 29.9 Å². The number of ketones is 1. The first-order chi connectivity index (χ1) is 19.5. The van der Waals surface area contributed by atoms with Crippen LogP contribution in [0.4, 0.5) is 0 Å². The van der Waals surface area contributed by atoms with Crippen molar-refractivity contribution in [2.75, 3.05) is 20.3 Å². The Kier molecular flexibility index (Phi) is 6.86. The predicted molar refractivity (Wildman–Crippen MR) is 148 cm³/mol. The van der Waals surface area contributed by atoms with Gasteiger partial charge in [-0.3, -0.25) is 9.59 Å². The van der Waals surface area contributed by atoms with E-state index in [0.29, 0.717) is 29.2 Å². The lowest BCUT2D eigenvalue weighted by molar-refractivity contribution is -0.135. The van der Waals surface area contributed by atoms with E-state index in [2.05, 4.69) is 12.1 Å². The molecule has 0 amide bonds. The van der Waals surface area contributed by atoms with Crippen molar-refractivity contribution in [3.63, 3.8) is 0 Å². The van der Waals surface area contributed by atoms with E-state index in [1.54, 1.807) is 49.6 Å². The van der Waals surface area contributed by atoms with Crippen LogP contribution in [0.2, 0.25) is 0 Å². The number of benzene rings is 4. The standard InChI is InChI=1S/C33H28O7/c1-37-29-18-22(8-11-27(29)39-15-13-20-7-10-26-23(17-20)14-16-38-26)25-19-30(34)40-28-12-9-24(33(36)31(25)28)32(35)21-5-3-2-4-6-21/h2-12,17-18,25,36H,13-16,19H2,1H3. The number of esters is 1. The second-order valence-corrected chi connectivity index (χ2v) is 9.85. The first kappa shape index (κ1) is 25.5. The summed E-state index contributed by atoms with van der Waals surface area (Å²) in [5, 5.41) is 11.3. The third-order valence-corrected chi connectivity index (χ3v) is 7.39. The van der Waals surface area contributed by atoms with Crippen molar-refractivity contribution in [2.45, 2.75) is 25.2 Å². The van der Waals surface area contributed by atoms with Gasteiger partial charge in [0.05, 0.1) is 32.3 Å². The average Bonchev–Trinajstić information content (AvgIpc) is 3.45. The van der Waals surface area contributed by atoms with Gasteiger partial charge in [-0.25, -0.2) is 0 Å². The number of ether oxygens (including phenoxy) is 4. The minimum absolute atomic E-state index is 0.00887. The summed E-state index contributed by atoms with van der Waals surface area (Å²) in [5.74, 6) is 0.828. The van der Waals surface area contributed by atoms with Crippen LogP contribution in [0.5, 0.6) is 28.7 Å². The first-order valence-electron chi connectivity index (χ1n) is 13.2. The molecule has 0 aromatic heterocycles. The largest absolute Gasteiger partial charge is 0.507 e. The number of fused-ring (bicyclic) bond motifs is 2. The van der Waals surface area contributed by atoms with E-state index < -0.39 is 11.9 Å². The molecule has 0 radical (unpaired) electrons. The van der Waals surface area contributed by atoms with E-state index >= 15 is 0 Å². The van der Waals surface area contributed by atoms with Crippen LogP contribution < -0.4 is 18.9 Å². The fraction of sp³-hybridized carbons (Fsp3) is 0.212. The van der Waals surface area contributed by atoms with E-state index in [-0.39, 0.29) is 29.3 Å². The van der Waals surface area contributed by atoms with Crippen molar-refractivity contribution in [1.82, 2.24) is 0 Å². The van der Waals surface area contributed by atoms with Crippen LogP contribution in [0, 0.1) is 0 Å². The van der Waals surface area contributed by atoms with E-state index in [1.807, 2.05) is 18.2 Å². The predicted octanol–water partition coefficient (Wildman–Crippen LogP) is 5.63. The van der Waals surface area contributed by atoms with Crippen LogP contribution in [0.1, 0.15) is 50.5 Å². The van der Waals surface area contributed by atoms with Gasteiger partial charge in [0.2, 0.25) is 0 Å². The maximum Gasteiger partial charge on any atom is 0.312 e. The van der Waals surface area contributed by atoms with Crippen LogP contribution in [0.25, 0.3) is 0 Å². The monoisotopic (exact) mass is 536 g/mol. The molecule has 4 aromatic carbocycles. The molecule has 0 spiro atoms. The minimum atomic E-state index is -0.531. The van der Waals surface area contributed by atoms with Gasteiger partial charge in [-0.15, -0.1) is 0 Å². The molecule has 2 aliphatic heterocycles. The molecule has 2 heterocycles. The Balaban J connectivity index is 1.25. The second-order valence-electron chi connectivity index (χ2n) is 9.85. The number of phenols is 1. The Labute approximate surface area is 231 Å². The van der Waals surface area contributed by atoms with Gasteiger partial charge in [-0.1, -0.05) is 48.5 Å². The van der Waals surface area contributed by atoms with Gasteiger partial charge in [0.25, 0.3) is 0 Å². The number of hydrogen-bond donors (Lipinski definition) is 1. The van der Waals surface area contributed by atoms with Gasteiger partial charge in [0.1, 0.15) is 17.2 Å². The van der Waals surface area contributed by atoms with Crippen molar-refractivity contribution in [3.8, 4) is 28.7 Å². The lowest BCUT2D eigenvalue weighted by Crippen LogP contribution is -2.22. The van der Waals surface area contributed by atoms with Gasteiger partial charge >= 0.3 is 5.97 Å². The first-order valence-corrected chi connectivity index (χ1v) is 13.2. The highest BCUT2D eigenvalue weighted by Gasteiger charge is 2.34. The van der Waals surface area contributed by atoms with E-state index in [1.165, 1.54) is 17.2 Å². The Morgan fingerprint density at radius 3 is 2.62 bits per heavy atom. The molecule has 0 aliphatic carbocycles. The Hall–Kier alpha value is -4.78. The van der Waals surface area contributed by atoms with Gasteiger partial charge in [0.15, 0.2) is 17.3 Å². The number of aromatic hydroxyl groups is 1. The summed E-state index contributed by atoms with van der Waals surface area (Å²) in [7, 11) is 1.56. The molecule has 1 N–H and O–H groups in total. The zero-order chi connectivity index (χ0) is 27.6. The summed E-state index contributed by atoms with van der Waals surface area (Å²) in [6.07, 6.45) is 1.66. The number of carbonyl (C=O) groups excluding carboxylic acids is 2. The van der Waals surface area contributed by atoms with Crippen LogP contribution in [-0.4, -0.2) is 37.2 Å². The van der Waals surface area contributed by atoms with Crippen molar-refractivity contribution in [3.05, 3.63) is 112 Å². The minimum Gasteiger partial charge on any atom is -0.507 e. The molecule has 0 saturated carbocycles. The number of phenolic OH excluding ortho intramolecular Hbond substituents is 1. The topological polar surface area (TPSA) is 91.3 Å². The molecule has 2 aliphatic rings. The Bertz CT molecular complexity index is 1590. The number of carbonyl (C=O) groups is 2. The van der Waals surface area contributed by atoms with Crippen LogP contribution in [0.15, 0.2) is 78.9 Å². The second kappa shape index (κ2) is 10.8. The zero-order valence-corrected chi connectivity index (χ0v) is 22.0. The number of methoxy groups -OCH3 is 1. The highest BCUT2D eigenvalue weighted by atomic mass is 16.5. The lowest BCUT2D eigenvalue weighted by atomic mass is 9.84. The Morgan fingerprint density at radius 1 is 0.975 bits per heavy atom. The third-order valence-electron chi connectivity index (χ3n) is 7.39. The van der Waals surface area contributed by atoms with E-state index in [9.17, 15) is 14.7 Å². The lowest BCUT2D eigenvalue weighted by Gasteiger charge is -2.27. The van der Waals surface area contributed by atoms with Gasteiger partial charge in [-0.05, 0) is 47.0 Å². The molecule has 0 bridgehead atoms. The molecule has 6 rings (SSSR count). The molecule has 0 saturated heterocycles. The van der Waals surface area contributed by atoms with E-state index in [4.69, 9.17) is 18.9 Å². The molecular formula is C33H28O7. The van der Waals surface area contributed by atoms with Crippen LogP contribution in [0.3, 0.4) is 0 Å². The fourth-order valence-corrected chi connectivity index (χ4v) is 5.36. The molecular weight excluding hydrogens is 508 g/mol. The highest BCUT2D eigenvalue weighted by Crippen LogP contribution is 2.47. The zero-order valence-electron chi connectivity index (χ0n) is 22.0. The summed E-state index contributed by atoms with van der Waals surface area (Å²) < 4.78 is 22.7. The maximum atomic E-state index is 13.2. The number of rotatable bonds is 8. The summed E-state index contributed by atoms with van der Waals surface area (Å²) in [6, 6.07) is 23.5. The maximum absolute atomic E-state index is 13.2. The Morgan fingerprint density at radius 2 is 1.80 bits per heavy atom. The highest BCUT2D eigenvalue weighted by molar-refractivity contribution is 6.11. The SMILES string of the molecule is COc1cc(C2CC(=O)Oc3ccc(C(=O)c4ccccc4)c(O)c32)ccc1OCCc1ccc2c(c1)CCO2. The molecule has 7 nitrogen and oxygen atoms in total. The van der Waals surface area contributed by atoms with Crippen molar-refractivity contribution < 1.29 is 33.6 Å². The molecule has 7 heteroatoms. The quantitative estimate of drug-likeness (QED) is 0.177. The molecule has 4 aromatic rings. The van der Waals surface area contributed by atoms with Crippen molar-refractivity contribution >= 4 is 11.8 Å². The molecule has 1 unspecified atom stereocenters. The summed E-state index contributed by atoms with van der Waals surface area (Å²) in [6.45, 7) is 1.18. The van der Waals surface area contributed by atoms with Gasteiger partial charge < -0.3 is 24.1 Å². The summed E-state index contributed by atoms with van der Waals surface area (Å²) >= 11 is 0. The van der Waals surface area contributed by atoms with Gasteiger partial charge in [-0.2, -0.15) is 0 Å². The summed E-state index contributed by atoms with van der Waals surface area (Å²) in [4.78, 5) is 25.6. The summed E-state index contributed by atoms with van der Waals surface area (Å²) in [5.41, 5.74) is 4.14.